The number of benzene rings is 1. The van der Waals surface area contributed by atoms with E-state index in [4.69, 9.17) is 16.3 Å². The van der Waals surface area contributed by atoms with Crippen LogP contribution in [0.25, 0.3) is 0 Å². The topological polar surface area (TPSA) is 66.9 Å². The van der Waals surface area contributed by atoms with Gasteiger partial charge in [-0.25, -0.2) is 8.42 Å². The van der Waals surface area contributed by atoms with E-state index in [-0.39, 0.29) is 16.7 Å². The van der Waals surface area contributed by atoms with Crippen LogP contribution in [0.5, 0.6) is 0 Å². The summed E-state index contributed by atoms with van der Waals surface area (Å²) in [6.07, 6.45) is 1.50. The molecule has 0 N–H and O–H groups in total. The molecule has 6 nitrogen and oxygen atoms in total. The molecule has 1 amide bonds. The van der Waals surface area contributed by atoms with Crippen LogP contribution in [0.2, 0.25) is 5.02 Å². The number of hydrogen-bond donors (Lipinski definition) is 0. The van der Waals surface area contributed by atoms with Crippen LogP contribution in [0.1, 0.15) is 12.8 Å². The maximum atomic E-state index is 12.6. The average Bonchev–Trinajstić information content (AvgIpc) is 2.62. The standard InChI is InChI=1S/C16H21ClN2O4S/c17-14-1-3-15(4-2-14)24(21,22)19-9-7-18(8-10-19)16(20)13-5-11-23-12-6-13/h1-4,13H,5-12H2. The molecule has 2 aliphatic heterocycles. The van der Waals surface area contributed by atoms with E-state index in [9.17, 15) is 13.2 Å². The molecule has 1 aromatic rings. The molecular weight excluding hydrogens is 352 g/mol. The second kappa shape index (κ2) is 7.39. The highest BCUT2D eigenvalue weighted by atomic mass is 35.5. The number of piperazine rings is 1. The van der Waals surface area contributed by atoms with E-state index in [1.165, 1.54) is 16.4 Å². The molecular formula is C16H21ClN2O4S. The number of carbonyl (C=O) groups is 1. The van der Waals surface area contributed by atoms with Gasteiger partial charge in [-0.3, -0.25) is 4.79 Å². The van der Waals surface area contributed by atoms with Gasteiger partial charge in [0, 0.05) is 50.3 Å². The molecule has 24 heavy (non-hydrogen) atoms. The lowest BCUT2D eigenvalue weighted by Gasteiger charge is -2.36. The second-order valence-corrected chi connectivity index (χ2v) is 8.44. The van der Waals surface area contributed by atoms with Crippen LogP contribution < -0.4 is 0 Å². The Kier molecular flexibility index (Phi) is 5.44. The predicted molar refractivity (Wildman–Crippen MR) is 90.3 cm³/mol. The Morgan fingerprint density at radius 3 is 2.21 bits per heavy atom. The van der Waals surface area contributed by atoms with E-state index in [2.05, 4.69) is 0 Å². The van der Waals surface area contributed by atoms with Crippen LogP contribution in [0, 0.1) is 5.92 Å². The minimum atomic E-state index is -3.54. The van der Waals surface area contributed by atoms with Gasteiger partial charge in [-0.05, 0) is 37.1 Å². The van der Waals surface area contributed by atoms with Gasteiger partial charge in [0.25, 0.3) is 0 Å². The monoisotopic (exact) mass is 372 g/mol. The van der Waals surface area contributed by atoms with Crippen LogP contribution in [-0.2, 0) is 19.6 Å². The van der Waals surface area contributed by atoms with E-state index in [1.54, 1.807) is 17.0 Å². The number of nitrogens with zero attached hydrogens (tertiary/aromatic N) is 2. The first kappa shape index (κ1) is 17.7. The van der Waals surface area contributed by atoms with Gasteiger partial charge >= 0.3 is 0 Å². The van der Waals surface area contributed by atoms with E-state index < -0.39 is 10.0 Å². The van der Waals surface area contributed by atoms with E-state index in [0.717, 1.165) is 12.8 Å². The normalized spacial score (nSPS) is 21.0. The first-order valence-electron chi connectivity index (χ1n) is 8.11. The van der Waals surface area contributed by atoms with Crippen molar-refractivity contribution >= 4 is 27.5 Å². The molecule has 0 atom stereocenters. The highest BCUT2D eigenvalue weighted by molar-refractivity contribution is 7.89. The third-order valence-corrected chi connectivity index (χ3v) is 6.74. The molecule has 0 spiro atoms. The van der Waals surface area contributed by atoms with Gasteiger partial charge in [0.05, 0.1) is 4.90 Å². The maximum absolute atomic E-state index is 12.6. The Labute approximate surface area is 147 Å². The van der Waals surface area contributed by atoms with E-state index >= 15 is 0 Å². The van der Waals surface area contributed by atoms with Crippen LogP contribution >= 0.6 is 11.6 Å². The van der Waals surface area contributed by atoms with Crippen molar-refractivity contribution in [2.45, 2.75) is 17.7 Å². The third kappa shape index (κ3) is 3.74. The Morgan fingerprint density at radius 1 is 1.04 bits per heavy atom. The van der Waals surface area contributed by atoms with Crippen molar-refractivity contribution in [3.05, 3.63) is 29.3 Å². The summed E-state index contributed by atoms with van der Waals surface area (Å²) >= 11 is 5.81. The highest BCUT2D eigenvalue weighted by Gasteiger charge is 2.33. The number of hydrogen-bond acceptors (Lipinski definition) is 4. The smallest absolute Gasteiger partial charge is 0.243 e. The van der Waals surface area contributed by atoms with Crippen molar-refractivity contribution in [1.29, 1.82) is 0 Å². The molecule has 0 radical (unpaired) electrons. The summed E-state index contributed by atoms with van der Waals surface area (Å²) in [6, 6.07) is 6.16. The first-order valence-corrected chi connectivity index (χ1v) is 9.92. The lowest BCUT2D eigenvalue weighted by atomic mass is 9.98. The number of ether oxygens (including phenoxy) is 1. The first-order chi connectivity index (χ1) is 11.5. The molecule has 1 aromatic carbocycles. The summed E-state index contributed by atoms with van der Waals surface area (Å²) in [7, 11) is -3.54. The molecule has 132 valence electrons. The second-order valence-electron chi connectivity index (χ2n) is 6.07. The minimum Gasteiger partial charge on any atom is -0.381 e. The fraction of sp³-hybridized carbons (Fsp3) is 0.562. The molecule has 2 aliphatic rings. The van der Waals surface area contributed by atoms with E-state index in [1.807, 2.05) is 0 Å². The van der Waals surface area contributed by atoms with Crippen molar-refractivity contribution < 1.29 is 17.9 Å². The summed E-state index contributed by atoms with van der Waals surface area (Å²) < 4.78 is 32.0. The zero-order valence-corrected chi connectivity index (χ0v) is 14.9. The van der Waals surface area contributed by atoms with Gasteiger partial charge in [-0.15, -0.1) is 0 Å². The average molecular weight is 373 g/mol. The van der Waals surface area contributed by atoms with Crippen molar-refractivity contribution in [3.63, 3.8) is 0 Å². The number of rotatable bonds is 3. The molecule has 0 bridgehead atoms. The fourth-order valence-electron chi connectivity index (χ4n) is 3.11. The summed E-state index contributed by atoms with van der Waals surface area (Å²) in [5, 5.41) is 0.501. The number of carbonyl (C=O) groups excluding carboxylic acids is 1. The SMILES string of the molecule is O=C(C1CCOCC1)N1CCN(S(=O)(=O)c2ccc(Cl)cc2)CC1. The van der Waals surface area contributed by atoms with Gasteiger partial charge in [0.1, 0.15) is 0 Å². The highest BCUT2D eigenvalue weighted by Crippen LogP contribution is 2.22. The Hall–Kier alpha value is -1.15. The summed E-state index contributed by atoms with van der Waals surface area (Å²) in [4.78, 5) is 14.5. The summed E-state index contributed by atoms with van der Waals surface area (Å²) in [6.45, 7) is 2.76. The zero-order chi connectivity index (χ0) is 17.2. The molecule has 8 heteroatoms. The lowest BCUT2D eigenvalue weighted by molar-refractivity contribution is -0.139. The number of sulfonamides is 1. The maximum Gasteiger partial charge on any atom is 0.243 e. The van der Waals surface area contributed by atoms with Gasteiger partial charge in [-0.2, -0.15) is 4.31 Å². The Balaban J connectivity index is 1.62. The Bertz CT molecular complexity index is 679. The molecule has 2 fully saturated rings. The fourth-order valence-corrected chi connectivity index (χ4v) is 4.66. The number of halogens is 1. The quantitative estimate of drug-likeness (QED) is 0.808. The Morgan fingerprint density at radius 2 is 1.62 bits per heavy atom. The van der Waals surface area contributed by atoms with Gasteiger partial charge in [0.15, 0.2) is 0 Å². The van der Waals surface area contributed by atoms with Crippen molar-refractivity contribution in [3.8, 4) is 0 Å². The molecule has 0 aromatic heterocycles. The molecule has 2 heterocycles. The van der Waals surface area contributed by atoms with Gasteiger partial charge in [0.2, 0.25) is 15.9 Å². The summed E-state index contributed by atoms with van der Waals surface area (Å²) in [5.74, 6) is 0.139. The molecule has 2 saturated heterocycles. The number of amides is 1. The molecule has 0 aliphatic carbocycles. The lowest BCUT2D eigenvalue weighted by Crippen LogP contribution is -2.52. The van der Waals surface area contributed by atoms with Crippen LogP contribution in [0.15, 0.2) is 29.2 Å². The van der Waals surface area contributed by atoms with Crippen LogP contribution in [-0.4, -0.2) is 62.9 Å². The molecule has 0 saturated carbocycles. The minimum absolute atomic E-state index is 0.0122. The predicted octanol–water partition coefficient (Wildman–Crippen LogP) is 1.60. The molecule has 3 rings (SSSR count). The van der Waals surface area contributed by atoms with Crippen molar-refractivity contribution in [1.82, 2.24) is 9.21 Å². The van der Waals surface area contributed by atoms with E-state index in [0.29, 0.717) is 44.4 Å². The van der Waals surface area contributed by atoms with Gasteiger partial charge < -0.3 is 9.64 Å². The van der Waals surface area contributed by atoms with Crippen LogP contribution in [0.4, 0.5) is 0 Å². The van der Waals surface area contributed by atoms with Crippen molar-refractivity contribution in [2.24, 2.45) is 5.92 Å². The largest absolute Gasteiger partial charge is 0.381 e. The molecule has 0 unspecified atom stereocenters. The van der Waals surface area contributed by atoms with Crippen LogP contribution in [0.3, 0.4) is 0 Å². The third-order valence-electron chi connectivity index (χ3n) is 4.57. The summed E-state index contributed by atoms with van der Waals surface area (Å²) in [5.41, 5.74) is 0. The zero-order valence-electron chi connectivity index (χ0n) is 13.4. The van der Waals surface area contributed by atoms with Gasteiger partial charge in [-0.1, -0.05) is 11.6 Å². The van der Waals surface area contributed by atoms with Crippen molar-refractivity contribution in [2.75, 3.05) is 39.4 Å².